The molecule has 0 aromatic heterocycles. The molecule has 2 heteroatoms. The monoisotopic (exact) mass is 260 g/mol. The first kappa shape index (κ1) is 17.0. The van der Waals surface area contributed by atoms with E-state index in [4.69, 9.17) is 11.6 Å². The normalized spacial score (nSPS) is 16.6. The maximum absolute atomic E-state index is 11.6. The number of alkyl halides is 1. The number of halogens is 1. The number of aldehydes is 1. The largest absolute Gasteiger partial charge is 0.303 e. The van der Waals surface area contributed by atoms with E-state index in [-0.39, 0.29) is 5.41 Å². The van der Waals surface area contributed by atoms with Gasteiger partial charge in [0.25, 0.3) is 0 Å². The molecule has 17 heavy (non-hydrogen) atoms. The molecule has 0 saturated carbocycles. The molecular formula is C15H29ClO. The molecular weight excluding hydrogens is 232 g/mol. The summed E-state index contributed by atoms with van der Waals surface area (Å²) in [6.07, 6.45) is 5.83. The summed E-state index contributed by atoms with van der Waals surface area (Å²) in [5.41, 5.74) is -0.223. The van der Waals surface area contributed by atoms with Gasteiger partial charge in [0.05, 0.1) is 4.87 Å². The summed E-state index contributed by atoms with van der Waals surface area (Å²) < 4.78 is 0. The highest BCUT2D eigenvalue weighted by Crippen LogP contribution is 2.49. The molecule has 0 aliphatic heterocycles. The number of hydrogen-bond acceptors (Lipinski definition) is 1. The van der Waals surface area contributed by atoms with Gasteiger partial charge in [0.15, 0.2) is 0 Å². The van der Waals surface area contributed by atoms with Crippen LogP contribution in [-0.2, 0) is 4.79 Å². The van der Waals surface area contributed by atoms with Crippen molar-refractivity contribution in [3.05, 3.63) is 0 Å². The van der Waals surface area contributed by atoms with Crippen LogP contribution < -0.4 is 0 Å². The Hall–Kier alpha value is -0.0400. The fraction of sp³-hybridized carbons (Fsp3) is 0.933. The van der Waals surface area contributed by atoms with E-state index >= 15 is 0 Å². The fourth-order valence-corrected chi connectivity index (χ4v) is 2.86. The Morgan fingerprint density at radius 2 is 1.35 bits per heavy atom. The minimum absolute atomic E-state index is 0.208. The Morgan fingerprint density at radius 1 is 0.941 bits per heavy atom. The van der Waals surface area contributed by atoms with Crippen LogP contribution in [0.1, 0.15) is 73.6 Å². The Bertz CT molecular complexity index is 241. The van der Waals surface area contributed by atoms with Crippen LogP contribution in [0.2, 0.25) is 0 Å². The first-order valence-electron chi connectivity index (χ1n) is 6.91. The lowest BCUT2D eigenvalue weighted by molar-refractivity contribution is -0.119. The molecule has 0 fully saturated rings. The molecule has 0 spiro atoms. The molecule has 0 saturated heterocycles. The lowest BCUT2D eigenvalue weighted by Gasteiger charge is -2.45. The molecule has 0 heterocycles. The van der Waals surface area contributed by atoms with Crippen molar-refractivity contribution in [1.82, 2.24) is 0 Å². The van der Waals surface area contributed by atoms with Crippen LogP contribution in [-0.4, -0.2) is 11.2 Å². The Morgan fingerprint density at radius 3 is 1.59 bits per heavy atom. The van der Waals surface area contributed by atoms with Gasteiger partial charge in [0.1, 0.15) is 6.29 Å². The molecule has 0 aliphatic rings. The van der Waals surface area contributed by atoms with Crippen molar-refractivity contribution in [1.29, 1.82) is 0 Å². The summed E-state index contributed by atoms with van der Waals surface area (Å²) in [6.45, 7) is 12.8. The van der Waals surface area contributed by atoms with Crippen LogP contribution in [0.3, 0.4) is 0 Å². The van der Waals surface area contributed by atoms with Crippen LogP contribution in [0, 0.1) is 10.8 Å². The van der Waals surface area contributed by atoms with Gasteiger partial charge in [-0.2, -0.15) is 0 Å². The second-order valence-electron chi connectivity index (χ2n) is 5.90. The summed E-state index contributed by atoms with van der Waals surface area (Å²) in [4.78, 5) is 11.2. The summed E-state index contributed by atoms with van der Waals surface area (Å²) in [7, 11) is 0. The summed E-state index contributed by atoms with van der Waals surface area (Å²) >= 11 is 6.70. The second kappa shape index (κ2) is 6.22. The third kappa shape index (κ3) is 3.47. The quantitative estimate of drug-likeness (QED) is 0.433. The van der Waals surface area contributed by atoms with Gasteiger partial charge < -0.3 is 4.79 Å². The number of carbonyl (C=O) groups excluding carboxylic acids is 1. The van der Waals surface area contributed by atoms with E-state index in [9.17, 15) is 4.79 Å². The fourth-order valence-electron chi connectivity index (χ4n) is 2.75. The van der Waals surface area contributed by atoms with Gasteiger partial charge in [0.2, 0.25) is 0 Å². The number of carbonyl (C=O) groups is 1. The van der Waals surface area contributed by atoms with E-state index in [1.807, 2.05) is 6.92 Å². The average molecular weight is 261 g/mol. The molecule has 0 N–H and O–H groups in total. The molecule has 0 bridgehead atoms. The van der Waals surface area contributed by atoms with E-state index in [1.54, 1.807) is 0 Å². The average Bonchev–Trinajstić information content (AvgIpc) is 2.37. The molecule has 0 aromatic carbocycles. The smallest absolute Gasteiger partial charge is 0.127 e. The topological polar surface area (TPSA) is 17.1 Å². The van der Waals surface area contributed by atoms with Crippen molar-refractivity contribution in [2.75, 3.05) is 0 Å². The number of rotatable bonds is 8. The van der Waals surface area contributed by atoms with Gasteiger partial charge in [-0.25, -0.2) is 0 Å². The van der Waals surface area contributed by atoms with E-state index in [1.165, 1.54) is 0 Å². The van der Waals surface area contributed by atoms with Crippen molar-refractivity contribution in [3.63, 3.8) is 0 Å². The van der Waals surface area contributed by atoms with Crippen molar-refractivity contribution >= 4 is 17.9 Å². The molecule has 0 radical (unpaired) electrons. The maximum Gasteiger partial charge on any atom is 0.127 e. The SMILES string of the molecule is CCC(C)(CC)CC(C)(C=O)C(Cl)(CC)CC. The predicted molar refractivity (Wildman–Crippen MR) is 76.6 cm³/mol. The minimum atomic E-state index is -0.432. The molecule has 0 aliphatic carbocycles. The lowest BCUT2D eigenvalue weighted by Crippen LogP contribution is -2.45. The summed E-state index contributed by atoms with van der Waals surface area (Å²) in [6, 6.07) is 0. The van der Waals surface area contributed by atoms with Crippen molar-refractivity contribution in [2.45, 2.75) is 78.5 Å². The third-order valence-electron chi connectivity index (χ3n) is 4.91. The highest BCUT2D eigenvalue weighted by molar-refractivity contribution is 6.25. The van der Waals surface area contributed by atoms with Crippen LogP contribution in [0.15, 0.2) is 0 Å². The Labute approximate surface area is 112 Å². The molecule has 0 amide bonds. The first-order valence-corrected chi connectivity index (χ1v) is 7.29. The molecule has 1 unspecified atom stereocenters. The van der Waals surface area contributed by atoms with Crippen LogP contribution in [0.5, 0.6) is 0 Å². The highest BCUT2D eigenvalue weighted by atomic mass is 35.5. The molecule has 0 aromatic rings. The summed E-state index contributed by atoms with van der Waals surface area (Å²) in [5, 5.41) is 0. The molecule has 102 valence electrons. The Kier molecular flexibility index (Phi) is 6.21. The Balaban J connectivity index is 5.22. The van der Waals surface area contributed by atoms with Gasteiger partial charge in [0, 0.05) is 5.41 Å². The van der Waals surface area contributed by atoms with Gasteiger partial charge >= 0.3 is 0 Å². The molecule has 1 atom stereocenters. The van der Waals surface area contributed by atoms with Crippen molar-refractivity contribution in [3.8, 4) is 0 Å². The zero-order chi connectivity index (χ0) is 13.7. The van der Waals surface area contributed by atoms with Crippen molar-refractivity contribution in [2.24, 2.45) is 10.8 Å². The lowest BCUT2D eigenvalue weighted by atomic mass is 9.63. The van der Waals surface area contributed by atoms with Gasteiger partial charge in [-0.3, -0.25) is 0 Å². The molecule has 1 nitrogen and oxygen atoms in total. The predicted octanol–water partition coefficient (Wildman–Crippen LogP) is 5.21. The van der Waals surface area contributed by atoms with E-state index < -0.39 is 10.3 Å². The standard InChI is InChI=1S/C15H29ClO/c1-7-13(5,8-2)11-14(6,12-17)15(16,9-3)10-4/h12H,7-11H2,1-6H3. The van der Waals surface area contributed by atoms with Gasteiger partial charge in [-0.05, 0) is 24.7 Å². The highest BCUT2D eigenvalue weighted by Gasteiger charge is 2.47. The van der Waals surface area contributed by atoms with E-state index in [0.717, 1.165) is 38.4 Å². The molecule has 0 rings (SSSR count). The zero-order valence-electron chi connectivity index (χ0n) is 12.4. The van der Waals surface area contributed by atoms with Crippen LogP contribution in [0.25, 0.3) is 0 Å². The van der Waals surface area contributed by atoms with Crippen LogP contribution >= 0.6 is 11.6 Å². The van der Waals surface area contributed by atoms with Gasteiger partial charge in [-0.1, -0.05) is 54.4 Å². The second-order valence-corrected chi connectivity index (χ2v) is 6.63. The van der Waals surface area contributed by atoms with E-state index in [2.05, 4.69) is 34.6 Å². The minimum Gasteiger partial charge on any atom is -0.303 e. The summed E-state index contributed by atoms with van der Waals surface area (Å²) in [5.74, 6) is 0. The number of hydrogen-bond donors (Lipinski definition) is 0. The third-order valence-corrected chi connectivity index (χ3v) is 5.87. The zero-order valence-corrected chi connectivity index (χ0v) is 13.2. The first-order chi connectivity index (χ1) is 7.76. The van der Waals surface area contributed by atoms with Crippen molar-refractivity contribution < 1.29 is 4.79 Å². The van der Waals surface area contributed by atoms with E-state index in [0.29, 0.717) is 0 Å². The van der Waals surface area contributed by atoms with Crippen LogP contribution in [0.4, 0.5) is 0 Å². The maximum atomic E-state index is 11.6. The van der Waals surface area contributed by atoms with Gasteiger partial charge in [-0.15, -0.1) is 11.6 Å².